The van der Waals surface area contributed by atoms with E-state index in [0.717, 1.165) is 0 Å². The molecule has 0 spiro atoms. The zero-order valence-electron chi connectivity index (χ0n) is 8.64. The molecule has 0 aromatic carbocycles. The zero-order chi connectivity index (χ0) is 12.2. The van der Waals surface area contributed by atoms with Gasteiger partial charge in [-0.25, -0.2) is 8.42 Å². The fourth-order valence-corrected chi connectivity index (χ4v) is 2.77. The summed E-state index contributed by atoms with van der Waals surface area (Å²) in [5.74, 6) is 2.37. The van der Waals surface area contributed by atoms with E-state index in [9.17, 15) is 8.42 Å². The number of nitrogens with one attached hydrogen (secondary N) is 1. The minimum atomic E-state index is -3.59. The first kappa shape index (κ1) is 13.2. The van der Waals surface area contributed by atoms with Crippen LogP contribution < -0.4 is 4.72 Å². The standard InChI is InChI=1S/C10H11BrN2O2S/c1-3-9(4-2)13-16(14,15)10-5-8(11)6-12-7-10/h1,5-7,9,13H,4H2,2H3. The third kappa shape index (κ3) is 3.30. The molecule has 1 aromatic heterocycles. The average Bonchev–Trinajstić information content (AvgIpc) is 2.26. The molecule has 0 saturated carbocycles. The molecule has 0 radical (unpaired) electrons. The van der Waals surface area contributed by atoms with Crippen LogP contribution in [-0.2, 0) is 10.0 Å². The monoisotopic (exact) mass is 302 g/mol. The van der Waals surface area contributed by atoms with Crippen LogP contribution in [0.4, 0.5) is 0 Å². The molecule has 4 nitrogen and oxygen atoms in total. The Morgan fingerprint density at radius 3 is 2.81 bits per heavy atom. The maximum absolute atomic E-state index is 11.8. The number of nitrogens with zero attached hydrogens (tertiary/aromatic N) is 1. The minimum absolute atomic E-state index is 0.0931. The second kappa shape index (κ2) is 5.43. The summed E-state index contributed by atoms with van der Waals surface area (Å²) >= 11 is 3.16. The lowest BCUT2D eigenvalue weighted by Gasteiger charge is -2.11. The predicted molar refractivity (Wildman–Crippen MR) is 65.2 cm³/mol. The van der Waals surface area contributed by atoms with Crippen LogP contribution in [0.2, 0.25) is 0 Å². The highest BCUT2D eigenvalue weighted by atomic mass is 79.9. The molecule has 0 saturated heterocycles. The number of sulfonamides is 1. The van der Waals surface area contributed by atoms with Crippen molar-refractivity contribution in [2.24, 2.45) is 0 Å². The summed E-state index contributed by atoms with van der Waals surface area (Å²) in [7, 11) is -3.59. The van der Waals surface area contributed by atoms with E-state index in [-0.39, 0.29) is 4.90 Å². The largest absolute Gasteiger partial charge is 0.262 e. The highest BCUT2D eigenvalue weighted by molar-refractivity contribution is 9.10. The molecule has 0 bridgehead atoms. The van der Waals surface area contributed by atoms with E-state index < -0.39 is 16.1 Å². The third-order valence-corrected chi connectivity index (χ3v) is 3.77. The summed E-state index contributed by atoms with van der Waals surface area (Å²) in [5, 5.41) is 0. The number of halogens is 1. The highest BCUT2D eigenvalue weighted by Crippen LogP contribution is 2.14. The Balaban J connectivity index is 3.00. The Morgan fingerprint density at radius 1 is 1.62 bits per heavy atom. The molecule has 1 unspecified atom stereocenters. The molecule has 1 atom stereocenters. The third-order valence-electron chi connectivity index (χ3n) is 1.90. The molecule has 6 heteroatoms. The maximum atomic E-state index is 11.8. The minimum Gasteiger partial charge on any atom is -0.262 e. The molecule has 0 aliphatic rings. The number of pyridine rings is 1. The van der Waals surface area contributed by atoms with Gasteiger partial charge in [0.05, 0.1) is 6.04 Å². The topological polar surface area (TPSA) is 59.1 Å². The van der Waals surface area contributed by atoms with Gasteiger partial charge >= 0.3 is 0 Å². The number of rotatable bonds is 4. The second-order valence-corrected chi connectivity index (χ2v) is 5.72. The van der Waals surface area contributed by atoms with E-state index in [1.54, 1.807) is 0 Å². The van der Waals surface area contributed by atoms with Crippen LogP contribution in [-0.4, -0.2) is 19.4 Å². The molecule has 1 aromatic rings. The van der Waals surface area contributed by atoms with Gasteiger partial charge in [0.25, 0.3) is 0 Å². The number of hydrogen-bond donors (Lipinski definition) is 1. The van der Waals surface area contributed by atoms with Crippen LogP contribution in [0.1, 0.15) is 13.3 Å². The number of terminal acetylenes is 1. The Kier molecular flexibility index (Phi) is 4.47. The van der Waals surface area contributed by atoms with E-state index in [2.05, 4.69) is 31.6 Å². The zero-order valence-corrected chi connectivity index (χ0v) is 11.0. The molecule has 0 aliphatic heterocycles. The van der Waals surface area contributed by atoms with Gasteiger partial charge in [-0.2, -0.15) is 4.72 Å². The van der Waals surface area contributed by atoms with E-state index in [1.807, 2.05) is 6.92 Å². The van der Waals surface area contributed by atoms with Gasteiger partial charge in [0.2, 0.25) is 10.0 Å². The van der Waals surface area contributed by atoms with E-state index >= 15 is 0 Å². The van der Waals surface area contributed by atoms with Crippen molar-refractivity contribution in [1.29, 1.82) is 0 Å². The Morgan fingerprint density at radius 2 is 2.31 bits per heavy atom. The lowest BCUT2D eigenvalue weighted by molar-refractivity contribution is 0.570. The van der Waals surface area contributed by atoms with Crippen molar-refractivity contribution in [3.05, 3.63) is 22.9 Å². The first-order valence-electron chi connectivity index (χ1n) is 4.58. The molecule has 1 heterocycles. The van der Waals surface area contributed by atoms with Crippen LogP contribution in [0.15, 0.2) is 27.8 Å². The van der Waals surface area contributed by atoms with Crippen molar-refractivity contribution in [3.8, 4) is 12.3 Å². The summed E-state index contributed by atoms with van der Waals surface area (Å²) in [5.41, 5.74) is 0. The second-order valence-electron chi connectivity index (χ2n) is 3.09. The number of hydrogen-bond acceptors (Lipinski definition) is 3. The Hall–Kier alpha value is -0.900. The molecular formula is C10H11BrN2O2S. The first-order chi connectivity index (χ1) is 7.49. The molecule has 0 amide bonds. The van der Waals surface area contributed by atoms with Crippen LogP contribution in [0.5, 0.6) is 0 Å². The van der Waals surface area contributed by atoms with Crippen LogP contribution in [0.25, 0.3) is 0 Å². The quantitative estimate of drug-likeness (QED) is 0.858. The van der Waals surface area contributed by atoms with Crippen molar-refractivity contribution in [3.63, 3.8) is 0 Å². The van der Waals surface area contributed by atoms with Gasteiger partial charge < -0.3 is 0 Å². The van der Waals surface area contributed by atoms with Crippen molar-refractivity contribution in [2.45, 2.75) is 24.3 Å². The smallest absolute Gasteiger partial charge is 0.243 e. The summed E-state index contributed by atoms with van der Waals surface area (Å²) in [6.07, 6.45) is 8.52. The normalized spacial score (nSPS) is 13.1. The van der Waals surface area contributed by atoms with Crippen molar-refractivity contribution in [2.75, 3.05) is 0 Å². The molecule has 1 N–H and O–H groups in total. The highest BCUT2D eigenvalue weighted by Gasteiger charge is 2.18. The fourth-order valence-electron chi connectivity index (χ4n) is 1.03. The van der Waals surface area contributed by atoms with Gasteiger partial charge in [-0.1, -0.05) is 12.8 Å². The van der Waals surface area contributed by atoms with Crippen molar-refractivity contribution >= 4 is 26.0 Å². The number of aromatic nitrogens is 1. The summed E-state index contributed by atoms with van der Waals surface area (Å²) < 4.78 is 26.7. The summed E-state index contributed by atoms with van der Waals surface area (Å²) in [4.78, 5) is 3.88. The first-order valence-corrected chi connectivity index (χ1v) is 6.86. The van der Waals surface area contributed by atoms with Crippen LogP contribution in [0.3, 0.4) is 0 Å². The lowest BCUT2D eigenvalue weighted by atomic mass is 10.3. The molecular weight excluding hydrogens is 292 g/mol. The van der Waals surface area contributed by atoms with Crippen molar-refractivity contribution in [1.82, 2.24) is 9.71 Å². The van der Waals surface area contributed by atoms with Gasteiger partial charge in [0.15, 0.2) is 0 Å². The van der Waals surface area contributed by atoms with Gasteiger partial charge in [-0.05, 0) is 28.4 Å². The Labute approximate surface area is 104 Å². The maximum Gasteiger partial charge on any atom is 0.243 e. The summed E-state index contributed by atoms with van der Waals surface area (Å²) in [6, 6.07) is 0.974. The van der Waals surface area contributed by atoms with E-state index in [0.29, 0.717) is 10.9 Å². The predicted octanol–water partition coefficient (Wildman–Crippen LogP) is 1.53. The molecule has 0 fully saturated rings. The SMILES string of the molecule is C#CC(CC)NS(=O)(=O)c1cncc(Br)c1. The molecule has 86 valence electrons. The van der Waals surface area contributed by atoms with Crippen LogP contribution in [0, 0.1) is 12.3 Å². The van der Waals surface area contributed by atoms with Gasteiger partial charge in [-0.15, -0.1) is 6.42 Å². The molecule has 0 aliphatic carbocycles. The Bertz CT molecular complexity index is 508. The van der Waals surface area contributed by atoms with E-state index in [1.165, 1.54) is 18.5 Å². The van der Waals surface area contributed by atoms with E-state index in [4.69, 9.17) is 6.42 Å². The fraction of sp³-hybridized carbons (Fsp3) is 0.300. The van der Waals surface area contributed by atoms with Crippen LogP contribution >= 0.6 is 15.9 Å². The molecule has 1 rings (SSSR count). The van der Waals surface area contributed by atoms with Gasteiger partial charge in [0.1, 0.15) is 4.90 Å². The van der Waals surface area contributed by atoms with Gasteiger partial charge in [0, 0.05) is 16.9 Å². The average molecular weight is 303 g/mol. The molecule has 16 heavy (non-hydrogen) atoms. The summed E-state index contributed by atoms with van der Waals surface area (Å²) in [6.45, 7) is 1.81. The van der Waals surface area contributed by atoms with Crippen molar-refractivity contribution < 1.29 is 8.42 Å². The van der Waals surface area contributed by atoms with Gasteiger partial charge in [-0.3, -0.25) is 4.98 Å². The lowest BCUT2D eigenvalue weighted by Crippen LogP contribution is -2.33.